The summed E-state index contributed by atoms with van der Waals surface area (Å²) in [5.74, 6) is 1.17. The van der Waals surface area contributed by atoms with Crippen molar-refractivity contribution in [3.8, 4) is 33.9 Å². The van der Waals surface area contributed by atoms with Crippen LogP contribution in [0.15, 0.2) is 73.3 Å². The van der Waals surface area contributed by atoms with Crippen LogP contribution in [0, 0.1) is 5.82 Å². The summed E-state index contributed by atoms with van der Waals surface area (Å²) < 4.78 is 22.3. The molecule has 2 aromatic heterocycles. The normalized spacial score (nSPS) is 11.5. The largest absolute Gasteiger partial charge is 0.456 e. The van der Waals surface area contributed by atoms with Crippen LogP contribution in [0.3, 0.4) is 0 Å². The highest BCUT2D eigenvalue weighted by Crippen LogP contribution is 2.46. The fourth-order valence-electron chi connectivity index (χ4n) is 4.25. The monoisotopic (exact) mass is 412 g/mol. The van der Waals surface area contributed by atoms with Crippen LogP contribution < -0.4 is 9.30 Å². The van der Waals surface area contributed by atoms with Gasteiger partial charge in [-0.15, -0.1) is 0 Å². The first-order chi connectivity index (χ1) is 15.2. The van der Waals surface area contributed by atoms with Crippen molar-refractivity contribution in [2.75, 3.05) is 7.11 Å². The standard InChI is InChI=1S/C24H15FN3O.CH4O/c1-28-20-9-14(15-11-26-13-27-12-15)5-7-17(20)18-3-2-4-22-23(18)24(28)19-10-16(25)6-8-21(19)29-22;1-2/h2-13H,1H3;2H,1H3/q+1;. The summed E-state index contributed by atoms with van der Waals surface area (Å²) in [5.41, 5.74) is 4.73. The molecule has 0 atom stereocenters. The summed E-state index contributed by atoms with van der Waals surface area (Å²) in [6.45, 7) is 0. The van der Waals surface area contributed by atoms with Gasteiger partial charge in [0, 0.05) is 36.5 Å². The zero-order valence-electron chi connectivity index (χ0n) is 17.0. The Hall–Kier alpha value is -3.90. The molecular formula is C25H19FN3O2+. The molecule has 31 heavy (non-hydrogen) atoms. The molecule has 0 spiro atoms. The summed E-state index contributed by atoms with van der Waals surface area (Å²) in [4.78, 5) is 8.26. The Kier molecular flexibility index (Phi) is 4.56. The summed E-state index contributed by atoms with van der Waals surface area (Å²) in [7, 11) is 3.01. The van der Waals surface area contributed by atoms with E-state index in [2.05, 4.69) is 38.8 Å². The van der Waals surface area contributed by atoms with Crippen LogP contribution in [0.25, 0.3) is 44.1 Å². The number of fused-ring (bicyclic) bond motifs is 4. The van der Waals surface area contributed by atoms with Gasteiger partial charge in [0.25, 0.3) is 0 Å². The minimum absolute atomic E-state index is 0.282. The summed E-state index contributed by atoms with van der Waals surface area (Å²) in [6.07, 6.45) is 5.13. The quantitative estimate of drug-likeness (QED) is 0.311. The number of nitrogens with zero attached hydrogens (tertiary/aromatic N) is 3. The van der Waals surface area contributed by atoms with Gasteiger partial charge in [0.2, 0.25) is 11.2 Å². The predicted octanol–water partition coefficient (Wildman–Crippen LogP) is 4.79. The van der Waals surface area contributed by atoms with Crippen molar-refractivity contribution in [2.24, 2.45) is 7.05 Å². The van der Waals surface area contributed by atoms with Crippen LogP contribution in [-0.2, 0) is 7.05 Å². The van der Waals surface area contributed by atoms with Crippen LogP contribution in [-0.4, -0.2) is 22.2 Å². The van der Waals surface area contributed by atoms with Gasteiger partial charge in [0.1, 0.15) is 30.7 Å². The van der Waals surface area contributed by atoms with Crippen molar-refractivity contribution in [3.05, 3.63) is 79.1 Å². The van der Waals surface area contributed by atoms with Gasteiger partial charge < -0.3 is 9.84 Å². The lowest BCUT2D eigenvalue weighted by atomic mass is 9.95. The van der Waals surface area contributed by atoms with Crippen LogP contribution in [0.1, 0.15) is 0 Å². The molecule has 0 radical (unpaired) electrons. The fraction of sp³-hybridized carbons (Fsp3) is 0.0800. The number of ether oxygens (including phenoxy) is 1. The molecule has 3 heterocycles. The minimum Gasteiger partial charge on any atom is -0.456 e. The Morgan fingerprint density at radius 2 is 1.68 bits per heavy atom. The number of pyridine rings is 1. The Labute approximate surface area is 178 Å². The number of aromatic nitrogens is 3. The maximum atomic E-state index is 14.1. The van der Waals surface area contributed by atoms with Crippen molar-refractivity contribution in [1.82, 2.24) is 9.97 Å². The van der Waals surface area contributed by atoms with E-state index in [4.69, 9.17) is 9.84 Å². The summed E-state index contributed by atoms with van der Waals surface area (Å²) in [5, 5.41) is 10.2. The van der Waals surface area contributed by atoms with Gasteiger partial charge >= 0.3 is 0 Å². The van der Waals surface area contributed by atoms with Gasteiger partial charge in [-0.3, -0.25) is 0 Å². The molecule has 1 N–H and O–H groups in total. The third-order valence-corrected chi connectivity index (χ3v) is 5.56. The van der Waals surface area contributed by atoms with Crippen molar-refractivity contribution in [2.45, 2.75) is 0 Å². The maximum Gasteiger partial charge on any atom is 0.228 e. The molecule has 3 aromatic carbocycles. The van der Waals surface area contributed by atoms with E-state index in [0.717, 1.165) is 56.9 Å². The zero-order chi connectivity index (χ0) is 21.5. The first kappa shape index (κ1) is 19.1. The third-order valence-electron chi connectivity index (χ3n) is 5.56. The van der Waals surface area contributed by atoms with Crippen LogP contribution in [0.4, 0.5) is 4.39 Å². The predicted molar refractivity (Wildman–Crippen MR) is 117 cm³/mol. The molecule has 0 unspecified atom stereocenters. The molecular weight excluding hydrogens is 393 g/mol. The zero-order valence-corrected chi connectivity index (χ0v) is 17.0. The van der Waals surface area contributed by atoms with Gasteiger partial charge in [-0.2, -0.15) is 4.57 Å². The number of halogens is 1. The molecule has 5 aromatic rings. The molecule has 152 valence electrons. The molecule has 5 nitrogen and oxygen atoms in total. The number of aliphatic hydroxyl groups is 1. The highest BCUT2D eigenvalue weighted by Gasteiger charge is 2.30. The molecule has 0 fully saturated rings. The topological polar surface area (TPSA) is 59.1 Å². The lowest BCUT2D eigenvalue weighted by Crippen LogP contribution is -2.33. The van der Waals surface area contributed by atoms with E-state index >= 15 is 0 Å². The highest BCUT2D eigenvalue weighted by molar-refractivity contribution is 6.13. The Bertz CT molecular complexity index is 1450. The number of hydrogen-bond acceptors (Lipinski definition) is 4. The molecule has 0 saturated heterocycles. The van der Waals surface area contributed by atoms with Gasteiger partial charge in [-0.1, -0.05) is 18.2 Å². The molecule has 1 aliphatic heterocycles. The fourth-order valence-corrected chi connectivity index (χ4v) is 4.25. The Balaban J connectivity index is 0.000000994. The number of hydrogen-bond donors (Lipinski definition) is 1. The maximum absolute atomic E-state index is 14.1. The molecule has 0 saturated carbocycles. The average molecular weight is 412 g/mol. The molecule has 0 bridgehead atoms. The molecule has 0 aliphatic carbocycles. The number of aliphatic hydroxyl groups excluding tert-OH is 1. The SMILES string of the molecule is CO.C[n+]1c2c3c(cccc3c3ccc(-c4cncnc4)cc31)Oc1ccc(F)cc1-2. The van der Waals surface area contributed by atoms with Crippen LogP contribution in [0.5, 0.6) is 11.5 Å². The lowest BCUT2D eigenvalue weighted by molar-refractivity contribution is -0.632. The Morgan fingerprint density at radius 1 is 0.871 bits per heavy atom. The number of rotatable bonds is 1. The molecule has 1 aliphatic rings. The van der Waals surface area contributed by atoms with E-state index in [1.165, 1.54) is 12.4 Å². The first-order valence-corrected chi connectivity index (χ1v) is 9.77. The minimum atomic E-state index is -0.282. The van der Waals surface area contributed by atoms with Crippen molar-refractivity contribution in [1.29, 1.82) is 0 Å². The van der Waals surface area contributed by atoms with Crippen LogP contribution in [0.2, 0.25) is 0 Å². The van der Waals surface area contributed by atoms with E-state index in [1.54, 1.807) is 24.5 Å². The van der Waals surface area contributed by atoms with E-state index in [1.807, 2.05) is 19.2 Å². The first-order valence-electron chi connectivity index (χ1n) is 9.77. The van der Waals surface area contributed by atoms with E-state index in [-0.39, 0.29) is 5.82 Å². The van der Waals surface area contributed by atoms with E-state index in [9.17, 15) is 4.39 Å². The lowest BCUT2D eigenvalue weighted by Gasteiger charge is -2.20. The second kappa shape index (κ2) is 7.41. The van der Waals surface area contributed by atoms with Gasteiger partial charge in [-0.25, -0.2) is 14.4 Å². The molecule has 6 rings (SSSR count). The average Bonchev–Trinajstić information content (AvgIpc) is 2.83. The second-order valence-electron chi connectivity index (χ2n) is 7.19. The summed E-state index contributed by atoms with van der Waals surface area (Å²) >= 11 is 0. The third kappa shape index (κ3) is 2.92. The summed E-state index contributed by atoms with van der Waals surface area (Å²) in [6, 6.07) is 17.0. The molecule has 0 amide bonds. The highest BCUT2D eigenvalue weighted by atomic mass is 19.1. The van der Waals surface area contributed by atoms with Crippen molar-refractivity contribution < 1.29 is 18.8 Å². The Morgan fingerprint density at radius 3 is 2.48 bits per heavy atom. The number of benzene rings is 3. The van der Waals surface area contributed by atoms with Crippen molar-refractivity contribution in [3.63, 3.8) is 0 Å². The smallest absolute Gasteiger partial charge is 0.228 e. The van der Waals surface area contributed by atoms with Gasteiger partial charge in [-0.05, 0) is 35.9 Å². The van der Waals surface area contributed by atoms with E-state index < -0.39 is 0 Å². The molecule has 6 heteroatoms. The second-order valence-corrected chi connectivity index (χ2v) is 7.19. The van der Waals surface area contributed by atoms with Crippen molar-refractivity contribution >= 4 is 21.7 Å². The van der Waals surface area contributed by atoms with Gasteiger partial charge in [0.05, 0.1) is 16.3 Å². The van der Waals surface area contributed by atoms with Gasteiger partial charge in [0.15, 0.2) is 0 Å². The van der Waals surface area contributed by atoms with E-state index in [0.29, 0.717) is 5.75 Å². The number of aryl methyl sites for hydroxylation is 1. The van der Waals surface area contributed by atoms with Crippen LogP contribution >= 0.6 is 0 Å².